The summed E-state index contributed by atoms with van der Waals surface area (Å²) >= 11 is 1.54. The minimum absolute atomic E-state index is 0.531. The standard InChI is InChI=1S/C15H16N2O2S/c1-3-8-17(15-16-7-9-20-15)13-6-4-5-12(10-13)11(2)14(18)19/h3-7,9-11H,1,8H2,2H3,(H,18,19). The predicted octanol–water partition coefficient (Wildman–Crippen LogP) is 3.66. The third-order valence-corrected chi connectivity index (χ3v) is 3.81. The van der Waals surface area contributed by atoms with Gasteiger partial charge in [0, 0.05) is 23.8 Å². The lowest BCUT2D eigenvalue weighted by Crippen LogP contribution is -2.17. The van der Waals surface area contributed by atoms with E-state index in [0.29, 0.717) is 6.54 Å². The Bertz CT molecular complexity index is 596. The number of rotatable bonds is 6. The molecule has 1 aromatic carbocycles. The minimum atomic E-state index is -0.827. The molecular weight excluding hydrogens is 272 g/mol. The molecule has 1 unspecified atom stereocenters. The number of anilines is 2. The van der Waals surface area contributed by atoms with Gasteiger partial charge in [0.2, 0.25) is 0 Å². The summed E-state index contributed by atoms with van der Waals surface area (Å²) in [5, 5.41) is 11.9. The van der Waals surface area contributed by atoms with Crippen molar-refractivity contribution in [2.24, 2.45) is 0 Å². The van der Waals surface area contributed by atoms with Crippen LogP contribution in [0.4, 0.5) is 10.8 Å². The Labute approximate surface area is 122 Å². The van der Waals surface area contributed by atoms with Gasteiger partial charge in [-0.2, -0.15) is 0 Å². The van der Waals surface area contributed by atoms with Crippen LogP contribution in [0.1, 0.15) is 18.4 Å². The number of thiazole rings is 1. The van der Waals surface area contributed by atoms with Crippen LogP contribution in [0.25, 0.3) is 0 Å². The fourth-order valence-corrected chi connectivity index (χ4v) is 2.55. The van der Waals surface area contributed by atoms with E-state index in [9.17, 15) is 4.79 Å². The zero-order valence-corrected chi connectivity index (χ0v) is 12.0. The van der Waals surface area contributed by atoms with Gasteiger partial charge >= 0.3 is 5.97 Å². The summed E-state index contributed by atoms with van der Waals surface area (Å²) in [5.74, 6) is -1.36. The minimum Gasteiger partial charge on any atom is -0.481 e. The molecule has 0 amide bonds. The SMILES string of the molecule is C=CCN(c1cccc(C(C)C(=O)O)c1)c1nccs1. The first-order valence-electron chi connectivity index (χ1n) is 6.24. The lowest BCUT2D eigenvalue weighted by Gasteiger charge is -2.21. The quantitative estimate of drug-likeness (QED) is 0.824. The van der Waals surface area contributed by atoms with Crippen LogP contribution in [0.3, 0.4) is 0 Å². The monoisotopic (exact) mass is 288 g/mol. The van der Waals surface area contributed by atoms with Gasteiger partial charge in [-0.05, 0) is 24.6 Å². The highest BCUT2D eigenvalue weighted by Crippen LogP contribution is 2.29. The van der Waals surface area contributed by atoms with Crippen molar-refractivity contribution in [3.05, 3.63) is 54.1 Å². The molecule has 1 N–H and O–H groups in total. The second kappa shape index (κ2) is 6.34. The van der Waals surface area contributed by atoms with Gasteiger partial charge < -0.3 is 10.0 Å². The highest BCUT2D eigenvalue weighted by atomic mass is 32.1. The van der Waals surface area contributed by atoms with Gasteiger partial charge in [0.1, 0.15) is 0 Å². The summed E-state index contributed by atoms with van der Waals surface area (Å²) in [7, 11) is 0. The van der Waals surface area contributed by atoms with Gasteiger partial charge in [0.15, 0.2) is 5.13 Å². The van der Waals surface area contributed by atoms with Crippen LogP contribution in [0.15, 0.2) is 48.5 Å². The Morgan fingerprint density at radius 3 is 3.00 bits per heavy atom. The molecule has 20 heavy (non-hydrogen) atoms. The summed E-state index contributed by atoms with van der Waals surface area (Å²) in [4.78, 5) is 17.4. The van der Waals surface area contributed by atoms with Crippen LogP contribution in [-0.4, -0.2) is 22.6 Å². The summed E-state index contributed by atoms with van der Waals surface area (Å²) in [6.45, 7) is 6.07. The molecule has 2 aromatic rings. The van der Waals surface area contributed by atoms with Crippen molar-refractivity contribution in [3.8, 4) is 0 Å². The first-order chi connectivity index (χ1) is 9.63. The Hall–Kier alpha value is -2.14. The van der Waals surface area contributed by atoms with Crippen LogP contribution in [0.2, 0.25) is 0 Å². The van der Waals surface area contributed by atoms with Gasteiger partial charge in [0.25, 0.3) is 0 Å². The first-order valence-corrected chi connectivity index (χ1v) is 7.12. The first kappa shape index (κ1) is 14.3. The molecule has 1 aromatic heterocycles. The van der Waals surface area contributed by atoms with E-state index in [1.165, 1.54) is 11.3 Å². The zero-order chi connectivity index (χ0) is 14.5. The molecule has 1 heterocycles. The molecule has 5 heteroatoms. The fourth-order valence-electron chi connectivity index (χ4n) is 1.88. The van der Waals surface area contributed by atoms with E-state index in [2.05, 4.69) is 11.6 Å². The van der Waals surface area contributed by atoms with Crippen molar-refractivity contribution in [1.82, 2.24) is 4.98 Å². The van der Waals surface area contributed by atoms with E-state index in [1.807, 2.05) is 34.5 Å². The molecule has 0 radical (unpaired) electrons. The Morgan fingerprint density at radius 1 is 1.60 bits per heavy atom. The van der Waals surface area contributed by atoms with Gasteiger partial charge in [0.05, 0.1) is 5.92 Å². The van der Waals surface area contributed by atoms with Crippen LogP contribution in [-0.2, 0) is 4.79 Å². The topological polar surface area (TPSA) is 53.4 Å². The number of nitrogens with zero attached hydrogens (tertiary/aromatic N) is 2. The smallest absolute Gasteiger partial charge is 0.310 e. The van der Waals surface area contributed by atoms with Gasteiger partial charge in [-0.1, -0.05) is 18.2 Å². The third-order valence-electron chi connectivity index (χ3n) is 3.01. The largest absolute Gasteiger partial charge is 0.481 e. The molecule has 0 aliphatic rings. The van der Waals surface area contributed by atoms with Gasteiger partial charge in [-0.25, -0.2) is 4.98 Å². The van der Waals surface area contributed by atoms with Gasteiger partial charge in [-0.3, -0.25) is 4.79 Å². The van der Waals surface area contributed by atoms with Crippen LogP contribution < -0.4 is 4.90 Å². The third kappa shape index (κ3) is 3.05. The molecule has 2 rings (SSSR count). The molecule has 4 nitrogen and oxygen atoms in total. The Kier molecular flexibility index (Phi) is 4.53. The number of carbonyl (C=O) groups is 1. The van der Waals surface area contributed by atoms with Gasteiger partial charge in [-0.15, -0.1) is 17.9 Å². The summed E-state index contributed by atoms with van der Waals surface area (Å²) in [5.41, 5.74) is 1.70. The molecule has 0 aliphatic heterocycles. The summed E-state index contributed by atoms with van der Waals surface area (Å²) < 4.78 is 0. The van der Waals surface area contributed by atoms with Crippen LogP contribution >= 0.6 is 11.3 Å². The van der Waals surface area contributed by atoms with Crippen molar-refractivity contribution in [2.75, 3.05) is 11.4 Å². The Morgan fingerprint density at radius 2 is 2.40 bits per heavy atom. The van der Waals surface area contributed by atoms with Crippen molar-refractivity contribution in [3.63, 3.8) is 0 Å². The van der Waals surface area contributed by atoms with Crippen molar-refractivity contribution >= 4 is 28.1 Å². The summed E-state index contributed by atoms with van der Waals surface area (Å²) in [6, 6.07) is 7.54. The highest BCUT2D eigenvalue weighted by molar-refractivity contribution is 7.13. The molecule has 0 aliphatic carbocycles. The number of aromatic nitrogens is 1. The predicted molar refractivity (Wildman–Crippen MR) is 81.8 cm³/mol. The van der Waals surface area contributed by atoms with Crippen LogP contribution in [0.5, 0.6) is 0 Å². The average Bonchev–Trinajstić information content (AvgIpc) is 2.97. The Balaban J connectivity index is 2.37. The van der Waals surface area contributed by atoms with E-state index in [4.69, 9.17) is 5.11 Å². The average molecular weight is 288 g/mol. The second-order valence-electron chi connectivity index (χ2n) is 4.37. The number of carboxylic acids is 1. The van der Waals surface area contributed by atoms with Crippen molar-refractivity contribution in [2.45, 2.75) is 12.8 Å². The number of hydrogen-bond acceptors (Lipinski definition) is 4. The molecule has 0 bridgehead atoms. The number of carboxylic acid groups (broad SMARTS) is 1. The number of benzene rings is 1. The second-order valence-corrected chi connectivity index (χ2v) is 5.24. The summed E-state index contributed by atoms with van der Waals surface area (Å²) in [6.07, 6.45) is 3.55. The molecule has 1 atom stereocenters. The van der Waals surface area contributed by atoms with E-state index in [-0.39, 0.29) is 0 Å². The fraction of sp³-hybridized carbons (Fsp3) is 0.200. The normalized spacial score (nSPS) is 11.8. The lowest BCUT2D eigenvalue weighted by molar-refractivity contribution is -0.138. The van der Waals surface area contributed by atoms with Crippen LogP contribution in [0, 0.1) is 0 Å². The maximum absolute atomic E-state index is 11.1. The highest BCUT2D eigenvalue weighted by Gasteiger charge is 2.16. The molecule has 0 fully saturated rings. The molecule has 0 saturated heterocycles. The maximum atomic E-state index is 11.1. The maximum Gasteiger partial charge on any atom is 0.310 e. The van der Waals surface area contributed by atoms with E-state index >= 15 is 0 Å². The van der Waals surface area contributed by atoms with Crippen molar-refractivity contribution in [1.29, 1.82) is 0 Å². The van der Waals surface area contributed by atoms with Crippen molar-refractivity contribution < 1.29 is 9.90 Å². The van der Waals surface area contributed by atoms with E-state index in [1.54, 1.807) is 19.2 Å². The number of hydrogen-bond donors (Lipinski definition) is 1. The molecule has 0 spiro atoms. The lowest BCUT2D eigenvalue weighted by atomic mass is 10.0. The van der Waals surface area contributed by atoms with E-state index in [0.717, 1.165) is 16.4 Å². The van der Waals surface area contributed by atoms with E-state index < -0.39 is 11.9 Å². The molecular formula is C15H16N2O2S. The zero-order valence-electron chi connectivity index (χ0n) is 11.2. The molecule has 0 saturated carbocycles. The number of aliphatic carboxylic acids is 1. The molecule has 104 valence electrons.